The van der Waals surface area contributed by atoms with E-state index in [0.29, 0.717) is 0 Å². The summed E-state index contributed by atoms with van der Waals surface area (Å²) in [6.07, 6.45) is 0. The fourth-order valence-electron chi connectivity index (χ4n) is 4.37. The van der Waals surface area contributed by atoms with Crippen LogP contribution >= 0.6 is 0 Å². The van der Waals surface area contributed by atoms with Crippen LogP contribution < -0.4 is 15.5 Å². The van der Waals surface area contributed by atoms with Crippen LogP contribution in [-0.2, 0) is 0 Å². The van der Waals surface area contributed by atoms with Gasteiger partial charge in [-0.2, -0.15) is 0 Å². The molecule has 5 aromatic carbocycles. The Morgan fingerprint density at radius 2 is 0.971 bits per heavy atom. The molecule has 0 heterocycles. The molecule has 5 aromatic rings. The van der Waals surface area contributed by atoms with E-state index in [9.17, 15) is 0 Å². The summed E-state index contributed by atoms with van der Waals surface area (Å²) in [5.41, 5.74) is 16.0. The third kappa shape index (κ3) is 4.75. The summed E-state index contributed by atoms with van der Waals surface area (Å²) in [6.45, 7) is 0. The molecule has 0 fully saturated rings. The first-order valence-electron chi connectivity index (χ1n) is 11.8. The lowest BCUT2D eigenvalue weighted by Crippen LogP contribution is -2.10. The molecular formula is C32H29N3. The average Bonchev–Trinajstić information content (AvgIpc) is 2.91. The number of para-hydroxylation sites is 1. The van der Waals surface area contributed by atoms with Crippen LogP contribution in [0.15, 0.2) is 127 Å². The standard InChI is InChI=1S/C32H29N3/c1-34(2)27-17-13-25(14-18-27)31-22-21-30(23-32(31)24-9-5-3-6-10-24)35(28-11-7-4-8-12-28)29-19-15-26(33)16-20-29/h3-23H,33H2,1-2H3. The quantitative estimate of drug-likeness (QED) is 0.262. The Balaban J connectivity index is 1.68. The van der Waals surface area contributed by atoms with E-state index in [0.717, 1.165) is 22.7 Å². The van der Waals surface area contributed by atoms with Gasteiger partial charge >= 0.3 is 0 Å². The van der Waals surface area contributed by atoms with Gasteiger partial charge < -0.3 is 15.5 Å². The molecule has 0 bridgehead atoms. The van der Waals surface area contributed by atoms with Gasteiger partial charge in [-0.3, -0.25) is 0 Å². The molecule has 5 rings (SSSR count). The molecule has 0 aliphatic carbocycles. The minimum atomic E-state index is 0.753. The minimum absolute atomic E-state index is 0.753. The molecule has 0 aliphatic heterocycles. The van der Waals surface area contributed by atoms with Gasteiger partial charge in [0, 0.05) is 42.5 Å². The van der Waals surface area contributed by atoms with E-state index in [1.54, 1.807) is 0 Å². The summed E-state index contributed by atoms with van der Waals surface area (Å²) < 4.78 is 0. The molecule has 3 nitrogen and oxygen atoms in total. The van der Waals surface area contributed by atoms with Gasteiger partial charge in [0.25, 0.3) is 0 Å². The van der Waals surface area contributed by atoms with Crippen LogP contribution in [0.25, 0.3) is 22.3 Å². The predicted octanol–water partition coefficient (Wildman–Crippen LogP) is 8.14. The Kier molecular flexibility index (Phi) is 6.23. The van der Waals surface area contributed by atoms with Gasteiger partial charge in [-0.25, -0.2) is 0 Å². The maximum Gasteiger partial charge on any atom is 0.0468 e. The van der Waals surface area contributed by atoms with E-state index in [2.05, 4.69) is 133 Å². The molecule has 0 saturated carbocycles. The first-order chi connectivity index (χ1) is 17.1. The van der Waals surface area contributed by atoms with Gasteiger partial charge in [0.15, 0.2) is 0 Å². The van der Waals surface area contributed by atoms with Gasteiger partial charge in [-0.15, -0.1) is 0 Å². The molecular weight excluding hydrogens is 426 g/mol. The van der Waals surface area contributed by atoms with Gasteiger partial charge in [-0.05, 0) is 82.9 Å². The van der Waals surface area contributed by atoms with Crippen molar-refractivity contribution in [3.05, 3.63) is 127 Å². The highest BCUT2D eigenvalue weighted by Crippen LogP contribution is 2.40. The third-order valence-electron chi connectivity index (χ3n) is 6.21. The summed E-state index contributed by atoms with van der Waals surface area (Å²) in [5.74, 6) is 0. The van der Waals surface area contributed by atoms with E-state index >= 15 is 0 Å². The number of nitrogens with two attached hydrogens (primary N) is 1. The molecule has 0 aromatic heterocycles. The molecule has 35 heavy (non-hydrogen) atoms. The zero-order valence-electron chi connectivity index (χ0n) is 20.1. The van der Waals surface area contributed by atoms with Crippen LogP contribution in [0.5, 0.6) is 0 Å². The Morgan fingerprint density at radius 3 is 1.60 bits per heavy atom. The van der Waals surface area contributed by atoms with Gasteiger partial charge in [-0.1, -0.05) is 66.7 Å². The smallest absolute Gasteiger partial charge is 0.0468 e. The van der Waals surface area contributed by atoms with Gasteiger partial charge in [0.05, 0.1) is 0 Å². The number of nitrogens with zero attached hydrogens (tertiary/aromatic N) is 2. The highest BCUT2D eigenvalue weighted by atomic mass is 15.1. The van der Waals surface area contributed by atoms with Crippen LogP contribution in [0.4, 0.5) is 28.4 Å². The van der Waals surface area contributed by atoms with E-state index in [4.69, 9.17) is 5.73 Å². The lowest BCUT2D eigenvalue weighted by molar-refractivity contribution is 1.13. The summed E-state index contributed by atoms with van der Waals surface area (Å²) in [4.78, 5) is 4.39. The number of anilines is 5. The average molecular weight is 456 g/mol. The van der Waals surface area contributed by atoms with E-state index in [1.807, 2.05) is 18.2 Å². The molecule has 172 valence electrons. The van der Waals surface area contributed by atoms with Crippen molar-refractivity contribution in [2.24, 2.45) is 0 Å². The van der Waals surface area contributed by atoms with Crippen molar-refractivity contribution in [1.29, 1.82) is 0 Å². The van der Waals surface area contributed by atoms with Crippen molar-refractivity contribution in [2.75, 3.05) is 29.6 Å². The Morgan fingerprint density at radius 1 is 0.457 bits per heavy atom. The molecule has 0 radical (unpaired) electrons. The first-order valence-corrected chi connectivity index (χ1v) is 11.8. The molecule has 0 spiro atoms. The Bertz CT molecular complexity index is 1390. The lowest BCUT2D eigenvalue weighted by atomic mass is 9.93. The van der Waals surface area contributed by atoms with E-state index in [-0.39, 0.29) is 0 Å². The predicted molar refractivity (Wildman–Crippen MR) is 151 cm³/mol. The summed E-state index contributed by atoms with van der Waals surface area (Å²) in [6, 6.07) is 44.5. The molecule has 0 amide bonds. The van der Waals surface area contributed by atoms with Crippen LogP contribution in [0, 0.1) is 0 Å². The fraction of sp³-hybridized carbons (Fsp3) is 0.0625. The minimum Gasteiger partial charge on any atom is -0.399 e. The molecule has 2 N–H and O–H groups in total. The highest BCUT2D eigenvalue weighted by Gasteiger charge is 2.16. The highest BCUT2D eigenvalue weighted by molar-refractivity contribution is 5.89. The van der Waals surface area contributed by atoms with Crippen LogP contribution in [-0.4, -0.2) is 14.1 Å². The van der Waals surface area contributed by atoms with Crippen molar-refractivity contribution in [1.82, 2.24) is 0 Å². The Labute approximate surface area is 207 Å². The van der Waals surface area contributed by atoms with Crippen molar-refractivity contribution in [2.45, 2.75) is 0 Å². The summed E-state index contributed by atoms with van der Waals surface area (Å²) in [7, 11) is 4.13. The number of nitrogen functional groups attached to an aromatic ring is 1. The van der Waals surface area contributed by atoms with Crippen LogP contribution in [0.1, 0.15) is 0 Å². The van der Waals surface area contributed by atoms with Crippen molar-refractivity contribution in [3.8, 4) is 22.3 Å². The second-order valence-electron chi connectivity index (χ2n) is 8.80. The molecule has 0 unspecified atom stereocenters. The Hall–Kier alpha value is -4.50. The normalized spacial score (nSPS) is 10.7. The SMILES string of the molecule is CN(C)c1ccc(-c2ccc(N(c3ccccc3)c3ccc(N)cc3)cc2-c2ccccc2)cc1. The zero-order chi connectivity index (χ0) is 24.2. The second-order valence-corrected chi connectivity index (χ2v) is 8.80. The van der Waals surface area contributed by atoms with Crippen LogP contribution in [0.2, 0.25) is 0 Å². The van der Waals surface area contributed by atoms with Gasteiger partial charge in [0.1, 0.15) is 0 Å². The number of benzene rings is 5. The number of rotatable bonds is 6. The maximum absolute atomic E-state index is 6.00. The fourth-order valence-corrected chi connectivity index (χ4v) is 4.37. The second kappa shape index (κ2) is 9.78. The van der Waals surface area contributed by atoms with Crippen molar-refractivity contribution in [3.63, 3.8) is 0 Å². The first kappa shape index (κ1) is 22.3. The third-order valence-corrected chi connectivity index (χ3v) is 6.21. The molecule has 0 atom stereocenters. The van der Waals surface area contributed by atoms with E-state index in [1.165, 1.54) is 27.9 Å². The largest absolute Gasteiger partial charge is 0.399 e. The topological polar surface area (TPSA) is 32.5 Å². The van der Waals surface area contributed by atoms with Gasteiger partial charge in [0.2, 0.25) is 0 Å². The maximum atomic E-state index is 6.00. The molecule has 0 saturated heterocycles. The molecule has 0 aliphatic rings. The number of hydrogen-bond acceptors (Lipinski definition) is 3. The summed E-state index contributed by atoms with van der Waals surface area (Å²) >= 11 is 0. The zero-order valence-corrected chi connectivity index (χ0v) is 20.1. The monoisotopic (exact) mass is 455 g/mol. The van der Waals surface area contributed by atoms with Crippen molar-refractivity contribution < 1.29 is 0 Å². The lowest BCUT2D eigenvalue weighted by Gasteiger charge is -2.27. The molecule has 3 heteroatoms. The number of hydrogen-bond donors (Lipinski definition) is 1. The summed E-state index contributed by atoms with van der Waals surface area (Å²) in [5, 5.41) is 0. The van der Waals surface area contributed by atoms with E-state index < -0.39 is 0 Å². The van der Waals surface area contributed by atoms with Crippen molar-refractivity contribution >= 4 is 28.4 Å². The van der Waals surface area contributed by atoms with Crippen LogP contribution in [0.3, 0.4) is 0 Å².